The molecule has 1 amide bonds. The van der Waals surface area contributed by atoms with Crippen LogP contribution in [0.2, 0.25) is 0 Å². The fourth-order valence-corrected chi connectivity index (χ4v) is 5.29. The van der Waals surface area contributed by atoms with Crippen LogP contribution < -0.4 is 5.32 Å². The summed E-state index contributed by atoms with van der Waals surface area (Å²) in [5.74, 6) is -0.351. The fourth-order valence-electron chi connectivity index (χ4n) is 2.42. The number of thiophene rings is 1. The van der Waals surface area contributed by atoms with Gasteiger partial charge >= 0.3 is 0 Å². The van der Waals surface area contributed by atoms with E-state index in [1.54, 1.807) is 60.1 Å². The zero-order valence-electron chi connectivity index (χ0n) is 13.2. The Morgan fingerprint density at radius 1 is 1.08 bits per heavy atom. The molecular weight excluding hydrogens is 356 g/mol. The second-order valence-corrected chi connectivity index (χ2v) is 8.63. The maximum Gasteiger partial charge on any atom is 0.252 e. The third-order valence-corrected chi connectivity index (χ3v) is 7.23. The first-order chi connectivity index (χ1) is 12.1. The van der Waals surface area contributed by atoms with Crippen molar-refractivity contribution in [2.75, 3.05) is 6.54 Å². The molecule has 25 heavy (non-hydrogen) atoms. The van der Waals surface area contributed by atoms with Crippen LogP contribution in [-0.4, -0.2) is 25.9 Å². The van der Waals surface area contributed by atoms with Gasteiger partial charge in [-0.05, 0) is 29.1 Å². The number of carbonyl (C=O) groups excluding carboxylic acids is 1. The molecule has 0 fully saturated rings. The molecule has 0 saturated heterocycles. The van der Waals surface area contributed by atoms with Crippen LogP contribution in [0.15, 0.2) is 76.6 Å². The van der Waals surface area contributed by atoms with Crippen molar-refractivity contribution in [1.82, 2.24) is 10.3 Å². The molecule has 1 aromatic carbocycles. The van der Waals surface area contributed by atoms with Crippen molar-refractivity contribution in [3.05, 3.63) is 83.5 Å². The van der Waals surface area contributed by atoms with E-state index < -0.39 is 15.1 Å². The Balaban J connectivity index is 1.87. The number of carbonyl (C=O) groups is 1. The maximum absolute atomic E-state index is 13.0. The fraction of sp³-hybridized carbons (Fsp3) is 0.111. The number of amides is 1. The van der Waals surface area contributed by atoms with Gasteiger partial charge in [-0.2, -0.15) is 0 Å². The van der Waals surface area contributed by atoms with Gasteiger partial charge in [0.25, 0.3) is 5.91 Å². The van der Waals surface area contributed by atoms with E-state index in [0.717, 1.165) is 0 Å². The molecular formula is C18H16N2O3S2. The molecule has 3 rings (SSSR count). The van der Waals surface area contributed by atoms with Gasteiger partial charge in [-0.3, -0.25) is 9.78 Å². The van der Waals surface area contributed by atoms with E-state index in [4.69, 9.17) is 0 Å². The molecule has 2 heterocycles. The molecule has 1 atom stereocenters. The van der Waals surface area contributed by atoms with E-state index in [1.807, 2.05) is 6.07 Å². The second kappa shape index (κ2) is 7.58. The molecule has 3 aromatic rings. The minimum Gasteiger partial charge on any atom is -0.350 e. The molecule has 128 valence electrons. The smallest absolute Gasteiger partial charge is 0.252 e. The molecule has 0 saturated carbocycles. The highest BCUT2D eigenvalue weighted by molar-refractivity contribution is 7.93. The normalized spacial score (nSPS) is 12.5. The highest BCUT2D eigenvalue weighted by Crippen LogP contribution is 2.31. The summed E-state index contributed by atoms with van der Waals surface area (Å²) in [7, 11) is -3.60. The highest BCUT2D eigenvalue weighted by Gasteiger charge is 2.30. The molecule has 2 aromatic heterocycles. The third-order valence-electron chi connectivity index (χ3n) is 3.69. The summed E-state index contributed by atoms with van der Waals surface area (Å²) in [5, 5.41) is 3.58. The van der Waals surface area contributed by atoms with Gasteiger partial charge in [0.1, 0.15) is 9.46 Å². The number of nitrogens with zero attached hydrogens (tertiary/aromatic N) is 1. The topological polar surface area (TPSA) is 76.1 Å². The number of nitrogens with one attached hydrogen (secondary N) is 1. The number of rotatable bonds is 6. The lowest BCUT2D eigenvalue weighted by Crippen LogP contribution is -2.31. The minimum atomic E-state index is -3.60. The van der Waals surface area contributed by atoms with E-state index in [1.165, 1.54) is 17.5 Å². The summed E-state index contributed by atoms with van der Waals surface area (Å²) in [6.07, 6.45) is 3.02. The van der Waals surface area contributed by atoms with Crippen LogP contribution in [0.1, 0.15) is 21.2 Å². The van der Waals surface area contributed by atoms with E-state index in [2.05, 4.69) is 10.3 Å². The van der Waals surface area contributed by atoms with Gasteiger partial charge in [0, 0.05) is 18.9 Å². The first-order valence-corrected chi connectivity index (χ1v) is 10.0. The summed E-state index contributed by atoms with van der Waals surface area (Å²) >= 11 is 1.17. The predicted molar refractivity (Wildman–Crippen MR) is 97.3 cm³/mol. The zero-order chi connectivity index (χ0) is 17.7. The predicted octanol–water partition coefficient (Wildman–Crippen LogP) is 3.09. The Hall–Kier alpha value is -2.51. The Morgan fingerprint density at radius 3 is 2.52 bits per heavy atom. The maximum atomic E-state index is 13.0. The van der Waals surface area contributed by atoms with Crippen LogP contribution in [0.4, 0.5) is 0 Å². The van der Waals surface area contributed by atoms with Crippen molar-refractivity contribution in [3.63, 3.8) is 0 Å². The molecule has 0 aliphatic rings. The Morgan fingerprint density at radius 2 is 1.88 bits per heavy atom. The first kappa shape index (κ1) is 17.3. The number of hydrogen-bond acceptors (Lipinski definition) is 5. The number of hydrogen-bond donors (Lipinski definition) is 1. The standard InChI is InChI=1S/C18H16N2O3S2/c21-18(15-8-4-10-19-12-15)20-13-16(14-6-2-1-3-7-14)25(22,23)17-9-5-11-24-17/h1-12,16H,13H2,(H,20,21). The van der Waals surface area contributed by atoms with Crippen molar-refractivity contribution in [3.8, 4) is 0 Å². The number of pyridine rings is 1. The van der Waals surface area contributed by atoms with E-state index in [-0.39, 0.29) is 16.7 Å². The molecule has 0 radical (unpaired) electrons. The first-order valence-electron chi connectivity index (χ1n) is 7.59. The largest absolute Gasteiger partial charge is 0.350 e. The highest BCUT2D eigenvalue weighted by atomic mass is 32.2. The Bertz CT molecular complexity index is 925. The summed E-state index contributed by atoms with van der Waals surface area (Å²) in [6.45, 7) is -0.0159. The van der Waals surface area contributed by atoms with E-state index in [9.17, 15) is 13.2 Å². The summed E-state index contributed by atoms with van der Waals surface area (Å²) < 4.78 is 26.3. The van der Waals surface area contributed by atoms with Gasteiger partial charge in [0.15, 0.2) is 9.84 Å². The number of aromatic nitrogens is 1. The lowest BCUT2D eigenvalue weighted by molar-refractivity contribution is 0.0953. The van der Waals surface area contributed by atoms with Crippen LogP contribution in [0.25, 0.3) is 0 Å². The van der Waals surface area contributed by atoms with Crippen molar-refractivity contribution < 1.29 is 13.2 Å². The molecule has 0 bridgehead atoms. The van der Waals surface area contributed by atoms with Gasteiger partial charge in [-0.1, -0.05) is 36.4 Å². The van der Waals surface area contributed by atoms with Crippen LogP contribution in [0.3, 0.4) is 0 Å². The summed E-state index contributed by atoms with van der Waals surface area (Å²) in [6, 6.07) is 15.5. The third kappa shape index (κ3) is 3.94. The van der Waals surface area contributed by atoms with E-state index >= 15 is 0 Å². The monoisotopic (exact) mass is 372 g/mol. The number of benzene rings is 1. The van der Waals surface area contributed by atoms with Gasteiger partial charge in [-0.25, -0.2) is 8.42 Å². The number of sulfone groups is 1. The van der Waals surface area contributed by atoms with Crippen LogP contribution in [-0.2, 0) is 9.84 Å². The van der Waals surface area contributed by atoms with Gasteiger partial charge in [-0.15, -0.1) is 11.3 Å². The molecule has 5 nitrogen and oxygen atoms in total. The molecule has 1 unspecified atom stereocenters. The van der Waals surface area contributed by atoms with Crippen molar-refractivity contribution >= 4 is 27.1 Å². The van der Waals surface area contributed by atoms with Crippen LogP contribution in [0, 0.1) is 0 Å². The zero-order valence-corrected chi connectivity index (χ0v) is 14.8. The molecule has 1 N–H and O–H groups in total. The average molecular weight is 372 g/mol. The van der Waals surface area contributed by atoms with Crippen molar-refractivity contribution in [2.24, 2.45) is 0 Å². The van der Waals surface area contributed by atoms with Gasteiger partial charge < -0.3 is 5.32 Å². The summed E-state index contributed by atoms with van der Waals surface area (Å²) in [4.78, 5) is 16.2. The molecule has 0 spiro atoms. The summed E-state index contributed by atoms with van der Waals surface area (Å²) in [5.41, 5.74) is 1.03. The lowest BCUT2D eigenvalue weighted by atomic mass is 10.1. The second-order valence-electron chi connectivity index (χ2n) is 5.33. The Kier molecular flexibility index (Phi) is 5.25. The molecule has 0 aliphatic heterocycles. The van der Waals surface area contributed by atoms with Gasteiger partial charge in [0.2, 0.25) is 0 Å². The van der Waals surface area contributed by atoms with Crippen LogP contribution >= 0.6 is 11.3 Å². The van der Waals surface area contributed by atoms with E-state index in [0.29, 0.717) is 11.1 Å². The SMILES string of the molecule is O=C(NCC(c1ccccc1)S(=O)(=O)c1cccs1)c1cccnc1. The van der Waals surface area contributed by atoms with Crippen LogP contribution in [0.5, 0.6) is 0 Å². The van der Waals surface area contributed by atoms with Crippen molar-refractivity contribution in [1.29, 1.82) is 0 Å². The minimum absolute atomic E-state index is 0.0159. The van der Waals surface area contributed by atoms with Crippen molar-refractivity contribution in [2.45, 2.75) is 9.46 Å². The molecule has 7 heteroatoms. The van der Waals surface area contributed by atoms with Gasteiger partial charge in [0.05, 0.1) is 5.56 Å². The quantitative estimate of drug-likeness (QED) is 0.721. The average Bonchev–Trinajstić information content (AvgIpc) is 3.19. The molecule has 0 aliphatic carbocycles. The lowest BCUT2D eigenvalue weighted by Gasteiger charge is -2.18. The Labute approximate surface area is 150 Å².